The van der Waals surface area contributed by atoms with Crippen LogP contribution >= 0.6 is 11.3 Å². The van der Waals surface area contributed by atoms with Gasteiger partial charge in [-0.3, -0.25) is 0 Å². The van der Waals surface area contributed by atoms with Crippen LogP contribution in [0.4, 0.5) is 5.13 Å². The Bertz CT molecular complexity index is 346. The molecule has 1 N–H and O–H groups in total. The van der Waals surface area contributed by atoms with Gasteiger partial charge in [-0.05, 0) is 26.7 Å². The summed E-state index contributed by atoms with van der Waals surface area (Å²) in [7, 11) is 0. The second kappa shape index (κ2) is 7.07. The van der Waals surface area contributed by atoms with Gasteiger partial charge in [-0.15, -0.1) is 11.3 Å². The highest BCUT2D eigenvalue weighted by Gasteiger charge is 2.14. The summed E-state index contributed by atoms with van der Waals surface area (Å²) in [5.74, 6) is 0. The lowest BCUT2D eigenvalue weighted by Crippen LogP contribution is -2.34. The summed E-state index contributed by atoms with van der Waals surface area (Å²) in [5.41, 5.74) is 0. The van der Waals surface area contributed by atoms with E-state index < -0.39 is 0 Å². The van der Waals surface area contributed by atoms with Crippen LogP contribution in [-0.4, -0.2) is 37.3 Å². The summed E-state index contributed by atoms with van der Waals surface area (Å²) in [6, 6.07) is 0.609. The molecule has 5 heteroatoms. The molecular weight excluding hydrogens is 246 g/mol. The number of nitrogens with zero attached hydrogens (tertiary/aromatic N) is 2. The van der Waals surface area contributed by atoms with Crippen LogP contribution < -0.4 is 10.2 Å². The van der Waals surface area contributed by atoms with E-state index >= 15 is 0 Å². The van der Waals surface area contributed by atoms with Crippen LogP contribution in [-0.2, 0) is 11.3 Å². The normalized spacial score (nSPS) is 17.0. The van der Waals surface area contributed by atoms with E-state index in [1.165, 1.54) is 4.88 Å². The molecule has 0 unspecified atom stereocenters. The monoisotopic (exact) mass is 269 g/mol. The molecule has 0 spiro atoms. The maximum Gasteiger partial charge on any atom is 0.185 e. The number of rotatable bonds is 6. The Morgan fingerprint density at radius 2 is 2.11 bits per heavy atom. The lowest BCUT2D eigenvalue weighted by atomic mass is 10.1. The van der Waals surface area contributed by atoms with Crippen LogP contribution in [0.5, 0.6) is 0 Å². The average Bonchev–Trinajstić information content (AvgIpc) is 2.88. The molecule has 1 aromatic heterocycles. The van der Waals surface area contributed by atoms with Crippen molar-refractivity contribution in [1.29, 1.82) is 0 Å². The third kappa shape index (κ3) is 3.67. The second-order valence-electron chi connectivity index (χ2n) is 4.55. The van der Waals surface area contributed by atoms with E-state index in [4.69, 9.17) is 4.74 Å². The smallest absolute Gasteiger partial charge is 0.185 e. The van der Waals surface area contributed by atoms with Gasteiger partial charge in [0.1, 0.15) is 0 Å². The molecule has 102 valence electrons. The van der Waals surface area contributed by atoms with Gasteiger partial charge in [-0.2, -0.15) is 0 Å². The van der Waals surface area contributed by atoms with Gasteiger partial charge in [0.05, 0.1) is 0 Å². The Balaban J connectivity index is 1.82. The third-order valence-corrected chi connectivity index (χ3v) is 4.42. The first kappa shape index (κ1) is 13.8. The second-order valence-corrected chi connectivity index (χ2v) is 5.64. The summed E-state index contributed by atoms with van der Waals surface area (Å²) < 4.78 is 5.36. The van der Waals surface area contributed by atoms with E-state index in [2.05, 4.69) is 29.0 Å². The summed E-state index contributed by atoms with van der Waals surface area (Å²) in [5, 5.41) is 4.74. The maximum atomic E-state index is 5.36. The quantitative estimate of drug-likeness (QED) is 0.859. The van der Waals surface area contributed by atoms with Crippen molar-refractivity contribution in [2.24, 2.45) is 0 Å². The summed E-state index contributed by atoms with van der Waals surface area (Å²) in [6.07, 6.45) is 4.26. The molecule has 0 amide bonds. The van der Waals surface area contributed by atoms with E-state index in [-0.39, 0.29) is 0 Å². The summed E-state index contributed by atoms with van der Waals surface area (Å²) in [6.45, 7) is 9.11. The molecule has 0 radical (unpaired) electrons. The van der Waals surface area contributed by atoms with E-state index in [0.29, 0.717) is 6.04 Å². The van der Waals surface area contributed by atoms with Crippen molar-refractivity contribution in [1.82, 2.24) is 10.3 Å². The van der Waals surface area contributed by atoms with Gasteiger partial charge in [0.15, 0.2) is 5.13 Å². The van der Waals surface area contributed by atoms with Gasteiger partial charge < -0.3 is 15.0 Å². The number of hydrogen-bond acceptors (Lipinski definition) is 5. The number of nitrogens with one attached hydrogen (secondary N) is 1. The van der Waals surface area contributed by atoms with Gasteiger partial charge in [-0.25, -0.2) is 4.98 Å². The third-order valence-electron chi connectivity index (χ3n) is 3.36. The van der Waals surface area contributed by atoms with Crippen molar-refractivity contribution >= 4 is 16.5 Å². The summed E-state index contributed by atoms with van der Waals surface area (Å²) in [4.78, 5) is 8.12. The number of ether oxygens (including phenoxy) is 1. The fourth-order valence-electron chi connectivity index (χ4n) is 2.17. The van der Waals surface area contributed by atoms with E-state index in [9.17, 15) is 0 Å². The molecule has 0 bridgehead atoms. The maximum absolute atomic E-state index is 5.36. The molecule has 1 aliphatic rings. The fourth-order valence-corrected chi connectivity index (χ4v) is 3.15. The SMILES string of the molecule is CCN(CC)c1ncc(CNC2CCOCC2)s1. The van der Waals surface area contributed by atoms with Gasteiger partial charge >= 0.3 is 0 Å². The zero-order chi connectivity index (χ0) is 12.8. The number of thiazole rings is 1. The molecule has 2 rings (SSSR count). The van der Waals surface area contributed by atoms with Crippen LogP contribution in [0.2, 0.25) is 0 Å². The van der Waals surface area contributed by atoms with Gasteiger partial charge in [0.25, 0.3) is 0 Å². The zero-order valence-electron chi connectivity index (χ0n) is 11.3. The van der Waals surface area contributed by atoms with Crippen molar-refractivity contribution in [3.05, 3.63) is 11.1 Å². The van der Waals surface area contributed by atoms with Crippen LogP contribution in [0.3, 0.4) is 0 Å². The first-order valence-corrected chi connectivity index (χ1v) is 7.66. The van der Waals surface area contributed by atoms with E-state index in [1.54, 1.807) is 11.3 Å². The van der Waals surface area contributed by atoms with Crippen LogP contribution in [0.1, 0.15) is 31.6 Å². The first-order chi connectivity index (χ1) is 8.83. The molecule has 0 saturated carbocycles. The molecule has 1 fully saturated rings. The number of anilines is 1. The molecular formula is C13H23N3OS. The fraction of sp³-hybridized carbons (Fsp3) is 0.769. The van der Waals surface area contributed by atoms with Crippen LogP contribution in [0, 0.1) is 0 Å². The minimum atomic E-state index is 0.609. The van der Waals surface area contributed by atoms with Crippen molar-refractivity contribution in [2.45, 2.75) is 39.3 Å². The molecule has 1 saturated heterocycles. The molecule has 1 aromatic rings. The van der Waals surface area contributed by atoms with Crippen LogP contribution in [0.15, 0.2) is 6.20 Å². The average molecular weight is 269 g/mol. The molecule has 1 aliphatic heterocycles. The Hall–Kier alpha value is -0.650. The highest BCUT2D eigenvalue weighted by atomic mass is 32.1. The Morgan fingerprint density at radius 3 is 2.78 bits per heavy atom. The molecule has 0 atom stereocenters. The van der Waals surface area contributed by atoms with Crippen molar-refractivity contribution < 1.29 is 4.74 Å². The molecule has 4 nitrogen and oxygen atoms in total. The predicted molar refractivity (Wildman–Crippen MR) is 76.4 cm³/mol. The van der Waals surface area contributed by atoms with Crippen molar-refractivity contribution in [3.8, 4) is 0 Å². The molecule has 0 aromatic carbocycles. The predicted octanol–water partition coefficient (Wildman–Crippen LogP) is 2.26. The largest absolute Gasteiger partial charge is 0.381 e. The summed E-state index contributed by atoms with van der Waals surface area (Å²) >= 11 is 1.80. The Kier molecular flexibility index (Phi) is 5.41. The Morgan fingerprint density at radius 1 is 1.39 bits per heavy atom. The van der Waals surface area contributed by atoms with Crippen molar-refractivity contribution in [2.75, 3.05) is 31.2 Å². The number of hydrogen-bond donors (Lipinski definition) is 1. The van der Waals surface area contributed by atoms with Gasteiger partial charge in [0, 0.05) is 50.0 Å². The lowest BCUT2D eigenvalue weighted by Gasteiger charge is -2.22. The van der Waals surface area contributed by atoms with E-state index in [1.807, 2.05) is 6.20 Å². The van der Waals surface area contributed by atoms with E-state index in [0.717, 1.165) is 50.8 Å². The number of aromatic nitrogens is 1. The van der Waals surface area contributed by atoms with Crippen LogP contribution in [0.25, 0.3) is 0 Å². The molecule has 0 aliphatic carbocycles. The topological polar surface area (TPSA) is 37.4 Å². The highest BCUT2D eigenvalue weighted by Crippen LogP contribution is 2.22. The molecule has 18 heavy (non-hydrogen) atoms. The highest BCUT2D eigenvalue weighted by molar-refractivity contribution is 7.15. The zero-order valence-corrected chi connectivity index (χ0v) is 12.1. The van der Waals surface area contributed by atoms with Crippen molar-refractivity contribution in [3.63, 3.8) is 0 Å². The van der Waals surface area contributed by atoms with Gasteiger partial charge in [0.2, 0.25) is 0 Å². The minimum Gasteiger partial charge on any atom is -0.381 e. The minimum absolute atomic E-state index is 0.609. The standard InChI is InChI=1S/C13H23N3OS/c1-3-16(4-2)13-15-10-12(18-13)9-14-11-5-7-17-8-6-11/h10-11,14H,3-9H2,1-2H3. The van der Waals surface area contributed by atoms with Gasteiger partial charge in [-0.1, -0.05) is 0 Å². The lowest BCUT2D eigenvalue weighted by molar-refractivity contribution is 0.0777. The molecule has 2 heterocycles. The first-order valence-electron chi connectivity index (χ1n) is 6.84. The Labute approximate surface area is 113 Å².